The minimum atomic E-state index is -0.385. The first kappa shape index (κ1) is 19.0. The van der Waals surface area contributed by atoms with E-state index in [2.05, 4.69) is 0 Å². The second kappa shape index (κ2) is 10.5. The molecule has 0 atom stereocenters. The van der Waals surface area contributed by atoms with E-state index in [1.807, 2.05) is 32.0 Å². The smallest absolute Gasteiger partial charge is 0.292 e. The van der Waals surface area contributed by atoms with Crippen molar-refractivity contribution in [3.63, 3.8) is 0 Å². The van der Waals surface area contributed by atoms with Crippen LogP contribution in [0.1, 0.15) is 92.1 Å². The summed E-state index contributed by atoms with van der Waals surface area (Å²) in [6, 6.07) is 5.79. The van der Waals surface area contributed by atoms with E-state index in [1.54, 1.807) is 0 Å². The summed E-state index contributed by atoms with van der Waals surface area (Å²) in [4.78, 5) is 23.0. The molecule has 1 radical (unpaired) electrons. The fourth-order valence-corrected chi connectivity index (χ4v) is 3.36. The Bertz CT molecular complexity index is 478. The van der Waals surface area contributed by atoms with E-state index in [-0.39, 0.29) is 5.97 Å². The van der Waals surface area contributed by atoms with Crippen molar-refractivity contribution in [1.29, 1.82) is 0 Å². The Labute approximate surface area is 146 Å². The summed E-state index contributed by atoms with van der Waals surface area (Å²) in [6.07, 6.45) is 14.1. The van der Waals surface area contributed by atoms with Crippen LogP contribution in [-0.2, 0) is 9.78 Å². The number of rotatable bonds is 3. The Kier molecular flexibility index (Phi) is 8.31. The monoisotopic (exact) mass is 331 g/mol. The van der Waals surface area contributed by atoms with Gasteiger partial charge < -0.3 is 0 Å². The number of carbonyl (C=O) groups excluding carboxylic acids is 1. The third-order valence-electron chi connectivity index (χ3n) is 4.83. The van der Waals surface area contributed by atoms with E-state index in [0.29, 0.717) is 5.56 Å². The van der Waals surface area contributed by atoms with E-state index >= 15 is 0 Å². The molecular formula is C21H31O3. The first-order valence-corrected chi connectivity index (χ1v) is 9.48. The molecule has 0 N–H and O–H groups in total. The predicted molar refractivity (Wildman–Crippen MR) is 96.4 cm³/mol. The highest BCUT2D eigenvalue weighted by Crippen LogP contribution is 2.24. The number of hydrogen-bond acceptors (Lipinski definition) is 3. The van der Waals surface area contributed by atoms with Crippen LogP contribution in [0.5, 0.6) is 0 Å². The van der Waals surface area contributed by atoms with Crippen molar-refractivity contribution in [3.8, 4) is 0 Å². The van der Waals surface area contributed by atoms with Crippen molar-refractivity contribution < 1.29 is 14.6 Å². The Balaban J connectivity index is 1.86. The van der Waals surface area contributed by atoms with Gasteiger partial charge in [-0.2, -0.15) is 4.89 Å². The molecular weight excluding hydrogens is 300 g/mol. The van der Waals surface area contributed by atoms with Crippen LogP contribution < -0.4 is 0 Å². The topological polar surface area (TPSA) is 35.5 Å². The molecule has 0 spiro atoms. The third-order valence-corrected chi connectivity index (χ3v) is 4.83. The summed E-state index contributed by atoms with van der Waals surface area (Å²) in [5.74, 6) is -0.385. The zero-order valence-electron chi connectivity index (χ0n) is 15.2. The summed E-state index contributed by atoms with van der Waals surface area (Å²) >= 11 is 0. The minimum absolute atomic E-state index is 0.385. The molecule has 1 aromatic rings. The summed E-state index contributed by atoms with van der Waals surface area (Å²) in [7, 11) is 0. The van der Waals surface area contributed by atoms with Crippen LogP contribution in [0.15, 0.2) is 18.2 Å². The van der Waals surface area contributed by atoms with Gasteiger partial charge in [-0.1, -0.05) is 76.0 Å². The first-order valence-electron chi connectivity index (χ1n) is 9.48. The maximum Gasteiger partial charge on any atom is 0.373 e. The molecule has 0 amide bonds. The van der Waals surface area contributed by atoms with E-state index < -0.39 is 0 Å². The molecule has 0 aromatic heterocycles. The molecule has 0 heterocycles. The van der Waals surface area contributed by atoms with Crippen molar-refractivity contribution in [1.82, 2.24) is 0 Å². The zero-order chi connectivity index (χ0) is 17.2. The minimum Gasteiger partial charge on any atom is -0.292 e. The molecule has 133 valence electrons. The van der Waals surface area contributed by atoms with Crippen molar-refractivity contribution >= 4 is 5.97 Å². The molecule has 0 bridgehead atoms. The Hall–Kier alpha value is -1.35. The molecule has 0 saturated heterocycles. The number of aryl methyl sites for hydroxylation is 2. The van der Waals surface area contributed by atoms with Gasteiger partial charge in [-0.25, -0.2) is 4.79 Å². The lowest BCUT2D eigenvalue weighted by atomic mass is 9.99. The quantitative estimate of drug-likeness (QED) is 0.486. The fraction of sp³-hybridized carbons (Fsp3) is 0.619. The SMILES string of the molecule is Cc1cccc(C)c1C(=O)OO[C]1CCCCCCCCCCC1. The highest BCUT2D eigenvalue weighted by molar-refractivity contribution is 5.92. The van der Waals surface area contributed by atoms with Gasteiger partial charge in [0.2, 0.25) is 0 Å². The first-order chi connectivity index (χ1) is 11.7. The predicted octanol–water partition coefficient (Wildman–Crippen LogP) is 6.23. The van der Waals surface area contributed by atoms with Crippen LogP contribution in [0.25, 0.3) is 0 Å². The van der Waals surface area contributed by atoms with Crippen molar-refractivity contribution in [2.24, 2.45) is 0 Å². The van der Waals surface area contributed by atoms with Gasteiger partial charge in [-0.05, 0) is 37.8 Å². The summed E-state index contributed by atoms with van der Waals surface area (Å²) in [5.41, 5.74) is 2.46. The molecule has 3 nitrogen and oxygen atoms in total. The normalized spacial score (nSPS) is 18.4. The lowest BCUT2D eigenvalue weighted by Crippen LogP contribution is -2.13. The maximum absolute atomic E-state index is 12.3. The Morgan fingerprint density at radius 2 is 1.25 bits per heavy atom. The van der Waals surface area contributed by atoms with E-state index in [1.165, 1.54) is 44.9 Å². The zero-order valence-corrected chi connectivity index (χ0v) is 15.2. The van der Waals surface area contributed by atoms with Crippen LogP contribution in [0, 0.1) is 20.0 Å². The number of carbonyl (C=O) groups is 1. The van der Waals surface area contributed by atoms with Gasteiger partial charge in [0, 0.05) is 0 Å². The Morgan fingerprint density at radius 1 is 0.792 bits per heavy atom. The fourth-order valence-electron chi connectivity index (χ4n) is 3.36. The molecule has 0 unspecified atom stereocenters. The Morgan fingerprint density at radius 3 is 1.75 bits per heavy atom. The highest BCUT2D eigenvalue weighted by atomic mass is 17.2. The van der Waals surface area contributed by atoms with Gasteiger partial charge in [0.05, 0.1) is 5.56 Å². The standard InChI is InChI=1S/C21H31O3/c1-17-13-12-14-18(2)20(17)21(22)24-23-19-15-10-8-6-4-3-5-7-9-11-16-19/h12-14H,3-11,15-16H2,1-2H3. The van der Waals surface area contributed by atoms with Gasteiger partial charge >= 0.3 is 5.97 Å². The van der Waals surface area contributed by atoms with E-state index in [4.69, 9.17) is 9.78 Å². The van der Waals surface area contributed by atoms with Gasteiger partial charge in [0.1, 0.15) is 6.10 Å². The average Bonchev–Trinajstić information content (AvgIpc) is 2.54. The van der Waals surface area contributed by atoms with Crippen molar-refractivity contribution in [3.05, 3.63) is 41.0 Å². The second-order valence-electron chi connectivity index (χ2n) is 6.94. The molecule has 1 aliphatic rings. The lowest BCUT2D eigenvalue weighted by molar-refractivity contribution is -0.237. The summed E-state index contributed by atoms with van der Waals surface area (Å²) in [6.45, 7) is 3.85. The largest absolute Gasteiger partial charge is 0.373 e. The highest BCUT2D eigenvalue weighted by Gasteiger charge is 2.19. The molecule has 0 aliphatic heterocycles. The van der Waals surface area contributed by atoms with Gasteiger partial charge in [0.25, 0.3) is 0 Å². The van der Waals surface area contributed by atoms with Crippen LogP contribution in [0.2, 0.25) is 0 Å². The third kappa shape index (κ3) is 6.27. The van der Waals surface area contributed by atoms with Crippen LogP contribution in [-0.4, -0.2) is 5.97 Å². The molecule has 1 fully saturated rings. The summed E-state index contributed by atoms with van der Waals surface area (Å²) < 4.78 is 0. The number of hydrogen-bond donors (Lipinski definition) is 0. The molecule has 2 rings (SSSR count). The molecule has 24 heavy (non-hydrogen) atoms. The average molecular weight is 331 g/mol. The van der Waals surface area contributed by atoms with Crippen molar-refractivity contribution in [2.75, 3.05) is 0 Å². The van der Waals surface area contributed by atoms with Crippen LogP contribution >= 0.6 is 0 Å². The number of benzene rings is 1. The van der Waals surface area contributed by atoms with E-state index in [9.17, 15) is 4.79 Å². The van der Waals surface area contributed by atoms with Crippen molar-refractivity contribution in [2.45, 2.75) is 84.5 Å². The molecule has 3 heteroatoms. The molecule has 1 aromatic carbocycles. The van der Waals surface area contributed by atoms with Crippen LogP contribution in [0.4, 0.5) is 0 Å². The molecule has 1 saturated carbocycles. The second-order valence-corrected chi connectivity index (χ2v) is 6.94. The van der Waals surface area contributed by atoms with Gasteiger partial charge in [0.15, 0.2) is 0 Å². The lowest BCUT2D eigenvalue weighted by Gasteiger charge is -2.16. The van der Waals surface area contributed by atoms with Gasteiger partial charge in [-0.15, -0.1) is 0 Å². The summed E-state index contributed by atoms with van der Waals surface area (Å²) in [5, 5.41) is 0. The maximum atomic E-state index is 12.3. The van der Waals surface area contributed by atoms with Gasteiger partial charge in [-0.3, -0.25) is 4.89 Å². The van der Waals surface area contributed by atoms with Crippen LogP contribution in [0.3, 0.4) is 0 Å². The van der Waals surface area contributed by atoms with E-state index in [0.717, 1.165) is 42.9 Å². The molecule has 1 aliphatic carbocycles.